The van der Waals surface area contributed by atoms with Gasteiger partial charge in [0.15, 0.2) is 0 Å². The minimum absolute atomic E-state index is 0.0353. The molecule has 1 aliphatic heterocycles. The molecule has 1 saturated heterocycles. The number of piperidine rings is 1. The summed E-state index contributed by atoms with van der Waals surface area (Å²) in [5.74, 6) is 1.34. The summed E-state index contributed by atoms with van der Waals surface area (Å²) >= 11 is 0. The molecule has 0 bridgehead atoms. The van der Waals surface area contributed by atoms with Crippen LogP contribution < -0.4 is 4.90 Å². The number of likely N-dealkylation sites (tertiary alicyclic amines) is 1. The number of carbonyl (C=O) groups excluding carboxylic acids is 2. The molecule has 6 heteroatoms. The normalized spacial score (nSPS) is 16.7. The van der Waals surface area contributed by atoms with Gasteiger partial charge in [-0.1, -0.05) is 19.9 Å². The lowest BCUT2D eigenvalue weighted by atomic mass is 9.89. The van der Waals surface area contributed by atoms with Crippen LogP contribution in [0.15, 0.2) is 42.7 Å². The Kier molecular flexibility index (Phi) is 6.96. The third-order valence-electron chi connectivity index (χ3n) is 5.28. The molecule has 0 aliphatic carbocycles. The van der Waals surface area contributed by atoms with Crippen LogP contribution in [0.5, 0.6) is 0 Å². The van der Waals surface area contributed by atoms with Gasteiger partial charge >= 0.3 is 0 Å². The minimum atomic E-state index is -0.0431. The van der Waals surface area contributed by atoms with Gasteiger partial charge in [-0.25, -0.2) is 4.98 Å². The summed E-state index contributed by atoms with van der Waals surface area (Å²) in [6.07, 6.45) is 5.75. The summed E-state index contributed by atoms with van der Waals surface area (Å²) in [7, 11) is 1.95. The second-order valence-electron chi connectivity index (χ2n) is 8.24. The van der Waals surface area contributed by atoms with Gasteiger partial charge in [-0.3, -0.25) is 14.6 Å². The van der Waals surface area contributed by atoms with E-state index in [9.17, 15) is 9.59 Å². The Morgan fingerprint density at radius 2 is 2.03 bits per heavy atom. The highest BCUT2D eigenvalue weighted by molar-refractivity contribution is 5.94. The van der Waals surface area contributed by atoms with Crippen molar-refractivity contribution in [2.45, 2.75) is 39.7 Å². The Hall–Kier alpha value is -2.76. The van der Waals surface area contributed by atoms with Crippen molar-refractivity contribution in [2.24, 2.45) is 11.8 Å². The summed E-state index contributed by atoms with van der Waals surface area (Å²) in [4.78, 5) is 37.9. The first-order chi connectivity index (χ1) is 13.9. The fourth-order valence-corrected chi connectivity index (χ4v) is 3.73. The van der Waals surface area contributed by atoms with Gasteiger partial charge in [-0.05, 0) is 43.0 Å². The van der Waals surface area contributed by atoms with Crippen molar-refractivity contribution in [1.29, 1.82) is 0 Å². The van der Waals surface area contributed by atoms with Gasteiger partial charge in [0.1, 0.15) is 11.6 Å². The summed E-state index contributed by atoms with van der Waals surface area (Å²) in [5.41, 5.74) is 1.53. The molecular weight excluding hydrogens is 364 g/mol. The predicted octanol–water partition coefficient (Wildman–Crippen LogP) is 3.58. The molecule has 154 valence electrons. The number of pyridine rings is 2. The number of ketones is 1. The summed E-state index contributed by atoms with van der Waals surface area (Å²) < 4.78 is 0. The molecule has 3 rings (SSSR count). The Bertz CT molecular complexity index is 821. The highest BCUT2D eigenvalue weighted by Crippen LogP contribution is 2.22. The van der Waals surface area contributed by atoms with Crippen LogP contribution in [0.1, 0.15) is 49.2 Å². The van der Waals surface area contributed by atoms with E-state index in [-0.39, 0.29) is 17.6 Å². The zero-order chi connectivity index (χ0) is 20.8. The lowest BCUT2D eigenvalue weighted by Crippen LogP contribution is -2.42. The van der Waals surface area contributed by atoms with Crippen LogP contribution in [-0.4, -0.2) is 46.7 Å². The molecule has 1 amide bonds. The zero-order valence-corrected chi connectivity index (χ0v) is 17.5. The fraction of sp³-hybridized carbons (Fsp3) is 0.478. The monoisotopic (exact) mass is 394 g/mol. The first-order valence-corrected chi connectivity index (χ1v) is 10.3. The Morgan fingerprint density at radius 1 is 1.21 bits per heavy atom. The SMILES string of the molecule is CC(C)CC(=O)C1CCCN(C(=O)c2ccc(N(C)Cc3ccccn3)nc2)C1. The summed E-state index contributed by atoms with van der Waals surface area (Å²) in [5, 5.41) is 0. The van der Waals surface area contributed by atoms with Crippen LogP contribution in [-0.2, 0) is 11.3 Å². The second kappa shape index (κ2) is 9.63. The van der Waals surface area contributed by atoms with Crippen LogP contribution in [0, 0.1) is 11.8 Å². The van der Waals surface area contributed by atoms with Gasteiger partial charge in [0.05, 0.1) is 17.8 Å². The number of hydrogen-bond acceptors (Lipinski definition) is 5. The van der Waals surface area contributed by atoms with Crippen molar-refractivity contribution in [3.05, 3.63) is 54.0 Å². The fourth-order valence-electron chi connectivity index (χ4n) is 3.73. The first kappa shape index (κ1) is 21.0. The van der Waals surface area contributed by atoms with E-state index >= 15 is 0 Å². The van der Waals surface area contributed by atoms with E-state index in [2.05, 4.69) is 23.8 Å². The maximum absolute atomic E-state index is 12.9. The quantitative estimate of drug-likeness (QED) is 0.718. The highest BCUT2D eigenvalue weighted by atomic mass is 16.2. The standard InChI is InChI=1S/C23H30N4O2/c1-17(2)13-21(28)19-7-6-12-27(15-19)23(29)18-9-10-22(25-14-18)26(3)16-20-8-4-5-11-24-20/h4-5,8-11,14,17,19H,6-7,12-13,15-16H2,1-3H3. The molecule has 1 atom stereocenters. The first-order valence-electron chi connectivity index (χ1n) is 10.3. The van der Waals surface area contributed by atoms with Crippen LogP contribution >= 0.6 is 0 Å². The van der Waals surface area contributed by atoms with Crippen molar-refractivity contribution in [3.8, 4) is 0 Å². The zero-order valence-electron chi connectivity index (χ0n) is 17.5. The van der Waals surface area contributed by atoms with Crippen LogP contribution in [0.4, 0.5) is 5.82 Å². The number of nitrogens with zero attached hydrogens (tertiary/aromatic N) is 4. The van der Waals surface area contributed by atoms with Gasteiger partial charge in [0.2, 0.25) is 0 Å². The maximum atomic E-state index is 12.9. The predicted molar refractivity (Wildman–Crippen MR) is 114 cm³/mol. The third-order valence-corrected chi connectivity index (χ3v) is 5.28. The van der Waals surface area contributed by atoms with Crippen LogP contribution in [0.2, 0.25) is 0 Å². The number of rotatable bonds is 7. The average molecular weight is 395 g/mol. The Labute approximate surface area is 173 Å². The van der Waals surface area contributed by atoms with Crippen molar-refractivity contribution < 1.29 is 9.59 Å². The van der Waals surface area contributed by atoms with E-state index in [1.807, 2.05) is 42.3 Å². The lowest BCUT2D eigenvalue weighted by molar-refractivity contribution is -0.124. The van der Waals surface area contributed by atoms with Gasteiger partial charge in [-0.15, -0.1) is 0 Å². The van der Waals surface area contributed by atoms with E-state index in [4.69, 9.17) is 0 Å². The average Bonchev–Trinajstić information content (AvgIpc) is 2.73. The van der Waals surface area contributed by atoms with E-state index in [1.54, 1.807) is 17.3 Å². The summed E-state index contributed by atoms with van der Waals surface area (Å²) in [6, 6.07) is 9.51. The number of anilines is 1. The van der Waals surface area contributed by atoms with Crippen molar-refractivity contribution in [1.82, 2.24) is 14.9 Å². The number of carbonyl (C=O) groups is 2. The van der Waals surface area contributed by atoms with Gasteiger partial charge in [0, 0.05) is 44.9 Å². The maximum Gasteiger partial charge on any atom is 0.255 e. The molecule has 1 aliphatic rings. The van der Waals surface area contributed by atoms with E-state index in [0.29, 0.717) is 37.5 Å². The summed E-state index contributed by atoms with van der Waals surface area (Å²) in [6.45, 7) is 5.98. The van der Waals surface area contributed by atoms with Crippen LogP contribution in [0.3, 0.4) is 0 Å². The number of amides is 1. The van der Waals surface area contributed by atoms with Gasteiger partial charge in [0.25, 0.3) is 5.91 Å². The van der Waals surface area contributed by atoms with E-state index < -0.39 is 0 Å². The van der Waals surface area contributed by atoms with Gasteiger partial charge in [-0.2, -0.15) is 0 Å². The molecule has 3 heterocycles. The van der Waals surface area contributed by atoms with E-state index in [0.717, 1.165) is 24.4 Å². The molecule has 0 N–H and O–H groups in total. The molecule has 0 aromatic carbocycles. The third kappa shape index (κ3) is 5.62. The largest absolute Gasteiger partial charge is 0.354 e. The van der Waals surface area contributed by atoms with Gasteiger partial charge < -0.3 is 9.80 Å². The van der Waals surface area contributed by atoms with Crippen LogP contribution in [0.25, 0.3) is 0 Å². The minimum Gasteiger partial charge on any atom is -0.354 e. The van der Waals surface area contributed by atoms with Crippen molar-refractivity contribution in [3.63, 3.8) is 0 Å². The molecule has 29 heavy (non-hydrogen) atoms. The smallest absolute Gasteiger partial charge is 0.255 e. The molecule has 0 radical (unpaired) electrons. The van der Waals surface area contributed by atoms with E-state index in [1.165, 1.54) is 0 Å². The Morgan fingerprint density at radius 3 is 2.69 bits per heavy atom. The second-order valence-corrected chi connectivity index (χ2v) is 8.24. The van der Waals surface area contributed by atoms with Crippen molar-refractivity contribution in [2.75, 3.05) is 25.0 Å². The number of Topliss-reactive ketones (excluding diaryl/α,β-unsaturated/α-hetero) is 1. The topological polar surface area (TPSA) is 66.4 Å². The number of hydrogen-bond donors (Lipinski definition) is 0. The Balaban J connectivity index is 1.61. The molecule has 0 spiro atoms. The molecular formula is C23H30N4O2. The molecule has 6 nitrogen and oxygen atoms in total. The molecule has 1 unspecified atom stereocenters. The molecule has 0 saturated carbocycles. The highest BCUT2D eigenvalue weighted by Gasteiger charge is 2.29. The molecule has 1 fully saturated rings. The van der Waals surface area contributed by atoms with Crippen molar-refractivity contribution >= 4 is 17.5 Å². The lowest BCUT2D eigenvalue weighted by Gasteiger charge is -2.32. The number of aromatic nitrogens is 2. The molecule has 2 aromatic rings. The molecule has 2 aromatic heterocycles.